The van der Waals surface area contributed by atoms with E-state index in [1.165, 1.54) is 29.7 Å². The van der Waals surface area contributed by atoms with Gasteiger partial charge in [0.25, 0.3) is 0 Å². The lowest BCUT2D eigenvalue weighted by molar-refractivity contribution is 0.674. The van der Waals surface area contributed by atoms with Gasteiger partial charge in [-0.25, -0.2) is 4.98 Å². The maximum Gasteiger partial charge on any atom is 0.112 e. The number of nitrogens with zero attached hydrogens (tertiary/aromatic N) is 2. The number of nitrogens with two attached hydrogens (primary N) is 1. The standard InChI is InChI=1S/C15H21N3/c1-3-10(9-16)12-6-7-13-14(8-12)18(2)15(17-13)11-4-5-11/h6-8,10-11H,3-5,9,16H2,1-2H3. The molecule has 0 amide bonds. The van der Waals surface area contributed by atoms with Crippen LogP contribution in [0.15, 0.2) is 18.2 Å². The monoisotopic (exact) mass is 243 g/mol. The van der Waals surface area contributed by atoms with Crippen LogP contribution in [0.5, 0.6) is 0 Å². The molecule has 0 radical (unpaired) electrons. The second-order valence-corrected chi connectivity index (χ2v) is 5.39. The lowest BCUT2D eigenvalue weighted by Gasteiger charge is -2.12. The molecule has 1 aliphatic rings. The van der Waals surface area contributed by atoms with E-state index in [1.807, 2.05) is 0 Å². The van der Waals surface area contributed by atoms with Gasteiger partial charge in [-0.05, 0) is 49.4 Å². The molecule has 1 aromatic heterocycles. The van der Waals surface area contributed by atoms with Gasteiger partial charge in [0, 0.05) is 13.0 Å². The van der Waals surface area contributed by atoms with E-state index in [0.717, 1.165) is 18.5 Å². The maximum atomic E-state index is 5.84. The van der Waals surface area contributed by atoms with Crippen molar-refractivity contribution in [2.45, 2.75) is 38.0 Å². The lowest BCUT2D eigenvalue weighted by Crippen LogP contribution is -2.11. The summed E-state index contributed by atoms with van der Waals surface area (Å²) in [5.41, 5.74) is 9.56. The number of aromatic nitrogens is 2. The van der Waals surface area contributed by atoms with E-state index in [1.54, 1.807) is 0 Å². The van der Waals surface area contributed by atoms with Crippen molar-refractivity contribution in [1.29, 1.82) is 0 Å². The van der Waals surface area contributed by atoms with Gasteiger partial charge in [-0.2, -0.15) is 0 Å². The minimum atomic E-state index is 0.466. The average molecular weight is 243 g/mol. The van der Waals surface area contributed by atoms with Crippen molar-refractivity contribution in [2.24, 2.45) is 12.8 Å². The van der Waals surface area contributed by atoms with Gasteiger partial charge in [0.1, 0.15) is 5.82 Å². The molecule has 1 saturated carbocycles. The fourth-order valence-electron chi connectivity index (χ4n) is 2.72. The van der Waals surface area contributed by atoms with Crippen molar-refractivity contribution < 1.29 is 0 Å². The Kier molecular flexibility index (Phi) is 2.86. The molecule has 0 spiro atoms. The van der Waals surface area contributed by atoms with Crippen LogP contribution < -0.4 is 5.73 Å². The maximum absolute atomic E-state index is 5.84. The molecule has 1 unspecified atom stereocenters. The Morgan fingerprint density at radius 1 is 1.44 bits per heavy atom. The molecule has 1 aliphatic carbocycles. The van der Waals surface area contributed by atoms with E-state index in [0.29, 0.717) is 11.8 Å². The molecule has 1 atom stereocenters. The zero-order valence-corrected chi connectivity index (χ0v) is 11.2. The minimum absolute atomic E-state index is 0.466. The Bertz CT molecular complexity index is 562. The van der Waals surface area contributed by atoms with Crippen molar-refractivity contribution in [3.8, 4) is 0 Å². The van der Waals surface area contributed by atoms with Crippen LogP contribution in [-0.4, -0.2) is 16.1 Å². The SMILES string of the molecule is CCC(CN)c1ccc2nc(C3CC3)n(C)c2c1. The summed E-state index contributed by atoms with van der Waals surface area (Å²) in [5.74, 6) is 2.42. The Morgan fingerprint density at radius 2 is 2.22 bits per heavy atom. The number of hydrogen-bond donors (Lipinski definition) is 1. The lowest BCUT2D eigenvalue weighted by atomic mass is 9.96. The van der Waals surface area contributed by atoms with Crippen LogP contribution in [0.2, 0.25) is 0 Å². The molecule has 3 rings (SSSR count). The number of aryl methyl sites for hydroxylation is 1. The highest BCUT2D eigenvalue weighted by atomic mass is 15.1. The fourth-order valence-corrected chi connectivity index (χ4v) is 2.72. The van der Waals surface area contributed by atoms with Crippen LogP contribution >= 0.6 is 0 Å². The summed E-state index contributed by atoms with van der Waals surface area (Å²) in [4.78, 5) is 4.76. The van der Waals surface area contributed by atoms with Gasteiger partial charge in [-0.1, -0.05) is 13.0 Å². The number of rotatable bonds is 4. The van der Waals surface area contributed by atoms with Gasteiger partial charge in [-0.15, -0.1) is 0 Å². The normalized spacial score (nSPS) is 17.3. The van der Waals surface area contributed by atoms with Crippen LogP contribution in [-0.2, 0) is 7.05 Å². The van der Waals surface area contributed by atoms with Crippen LogP contribution in [0.4, 0.5) is 0 Å². The van der Waals surface area contributed by atoms with Crippen molar-refractivity contribution >= 4 is 11.0 Å². The highest BCUT2D eigenvalue weighted by molar-refractivity contribution is 5.77. The number of benzene rings is 1. The van der Waals surface area contributed by atoms with E-state index < -0.39 is 0 Å². The molecule has 3 heteroatoms. The van der Waals surface area contributed by atoms with Gasteiger partial charge in [0.2, 0.25) is 0 Å². The predicted molar refractivity (Wildman–Crippen MR) is 74.8 cm³/mol. The van der Waals surface area contributed by atoms with Crippen LogP contribution in [0.25, 0.3) is 11.0 Å². The summed E-state index contributed by atoms with van der Waals surface area (Å²) in [6.45, 7) is 2.91. The molecule has 1 aromatic carbocycles. The van der Waals surface area contributed by atoms with E-state index in [-0.39, 0.29) is 0 Å². The second-order valence-electron chi connectivity index (χ2n) is 5.39. The molecule has 2 aromatic rings. The molecule has 0 bridgehead atoms. The third kappa shape index (κ3) is 1.83. The summed E-state index contributed by atoms with van der Waals surface area (Å²) in [6, 6.07) is 6.61. The first-order chi connectivity index (χ1) is 8.74. The van der Waals surface area contributed by atoms with E-state index in [4.69, 9.17) is 10.7 Å². The van der Waals surface area contributed by atoms with E-state index >= 15 is 0 Å². The summed E-state index contributed by atoms with van der Waals surface area (Å²) in [6.07, 6.45) is 3.68. The van der Waals surface area contributed by atoms with Gasteiger partial charge < -0.3 is 10.3 Å². The van der Waals surface area contributed by atoms with Crippen molar-refractivity contribution in [1.82, 2.24) is 9.55 Å². The molecule has 0 saturated heterocycles. The first kappa shape index (κ1) is 11.7. The molecule has 96 valence electrons. The molecule has 0 aliphatic heterocycles. The number of fused-ring (bicyclic) bond motifs is 1. The number of imidazole rings is 1. The molecular weight excluding hydrogens is 222 g/mol. The highest BCUT2D eigenvalue weighted by Gasteiger charge is 2.28. The third-order valence-electron chi connectivity index (χ3n) is 4.13. The molecule has 18 heavy (non-hydrogen) atoms. The van der Waals surface area contributed by atoms with Crippen LogP contribution in [0.1, 0.15) is 49.4 Å². The largest absolute Gasteiger partial charge is 0.331 e. The quantitative estimate of drug-likeness (QED) is 0.897. The molecule has 1 fully saturated rings. The van der Waals surface area contributed by atoms with Crippen LogP contribution in [0.3, 0.4) is 0 Å². The van der Waals surface area contributed by atoms with Crippen LogP contribution in [0, 0.1) is 0 Å². The van der Waals surface area contributed by atoms with Gasteiger partial charge in [-0.3, -0.25) is 0 Å². The summed E-state index contributed by atoms with van der Waals surface area (Å²) in [5, 5.41) is 0. The summed E-state index contributed by atoms with van der Waals surface area (Å²) in [7, 11) is 2.14. The molecule has 1 heterocycles. The van der Waals surface area contributed by atoms with E-state index in [9.17, 15) is 0 Å². The Hall–Kier alpha value is -1.35. The second kappa shape index (κ2) is 4.39. The number of hydrogen-bond acceptors (Lipinski definition) is 2. The zero-order chi connectivity index (χ0) is 12.7. The first-order valence-electron chi connectivity index (χ1n) is 6.91. The van der Waals surface area contributed by atoms with Gasteiger partial charge in [0.05, 0.1) is 11.0 Å². The third-order valence-corrected chi connectivity index (χ3v) is 4.13. The molecule has 3 nitrogen and oxygen atoms in total. The van der Waals surface area contributed by atoms with Crippen molar-refractivity contribution in [2.75, 3.05) is 6.54 Å². The Morgan fingerprint density at radius 3 is 2.83 bits per heavy atom. The fraction of sp³-hybridized carbons (Fsp3) is 0.533. The van der Waals surface area contributed by atoms with E-state index in [2.05, 4.69) is 36.7 Å². The molecular formula is C15H21N3. The predicted octanol–water partition coefficient (Wildman–Crippen LogP) is 2.90. The Balaban J connectivity index is 2.07. The smallest absolute Gasteiger partial charge is 0.112 e. The zero-order valence-electron chi connectivity index (χ0n) is 11.2. The van der Waals surface area contributed by atoms with Gasteiger partial charge in [0.15, 0.2) is 0 Å². The van der Waals surface area contributed by atoms with Crippen molar-refractivity contribution in [3.05, 3.63) is 29.6 Å². The first-order valence-corrected chi connectivity index (χ1v) is 6.91. The minimum Gasteiger partial charge on any atom is -0.331 e. The Labute approximate surface area is 108 Å². The average Bonchev–Trinajstić information content (AvgIpc) is 3.17. The summed E-state index contributed by atoms with van der Waals surface area (Å²) < 4.78 is 2.26. The summed E-state index contributed by atoms with van der Waals surface area (Å²) >= 11 is 0. The topological polar surface area (TPSA) is 43.8 Å². The van der Waals surface area contributed by atoms with Crippen molar-refractivity contribution in [3.63, 3.8) is 0 Å². The van der Waals surface area contributed by atoms with Gasteiger partial charge >= 0.3 is 0 Å². The molecule has 2 N–H and O–H groups in total. The highest BCUT2D eigenvalue weighted by Crippen LogP contribution is 2.40.